The van der Waals surface area contributed by atoms with E-state index in [9.17, 15) is 0 Å². The van der Waals surface area contributed by atoms with E-state index in [0.717, 1.165) is 32.1 Å². The van der Waals surface area contributed by atoms with Crippen LogP contribution in [0.25, 0.3) is 0 Å². The van der Waals surface area contributed by atoms with Crippen molar-refractivity contribution in [3.8, 4) is 0 Å². The van der Waals surface area contributed by atoms with E-state index in [-0.39, 0.29) is 0 Å². The zero-order valence-corrected chi connectivity index (χ0v) is 15.1. The predicted octanol–water partition coefficient (Wildman–Crippen LogP) is 3.09. The highest BCUT2D eigenvalue weighted by atomic mass is 16.5. The van der Waals surface area contributed by atoms with Gasteiger partial charge in [0.1, 0.15) is 0 Å². The minimum atomic E-state index is 0.309. The van der Waals surface area contributed by atoms with E-state index < -0.39 is 0 Å². The maximum atomic E-state index is 5.28. The zero-order valence-electron chi connectivity index (χ0n) is 15.1. The highest BCUT2D eigenvalue weighted by Crippen LogP contribution is 2.47. The van der Waals surface area contributed by atoms with Gasteiger partial charge in [-0.05, 0) is 43.1 Å². The SMILES string of the molecule is CN=C(NCC1(CCOC)CCC1)NCC1(c2ccccc2)CC1. The first kappa shape index (κ1) is 17.3. The maximum Gasteiger partial charge on any atom is 0.191 e. The number of nitrogens with zero attached hydrogens (tertiary/aromatic N) is 1. The molecule has 2 saturated carbocycles. The van der Waals surface area contributed by atoms with Crippen LogP contribution in [0, 0.1) is 5.41 Å². The first-order valence-electron chi connectivity index (χ1n) is 9.21. The summed E-state index contributed by atoms with van der Waals surface area (Å²) < 4.78 is 5.28. The van der Waals surface area contributed by atoms with Crippen molar-refractivity contribution in [2.75, 3.05) is 33.9 Å². The quantitative estimate of drug-likeness (QED) is 0.569. The fourth-order valence-corrected chi connectivity index (χ4v) is 3.77. The average molecular weight is 329 g/mol. The lowest BCUT2D eigenvalue weighted by atomic mass is 9.67. The largest absolute Gasteiger partial charge is 0.385 e. The van der Waals surface area contributed by atoms with Crippen LogP contribution in [0.3, 0.4) is 0 Å². The molecule has 0 aliphatic heterocycles. The second-order valence-corrected chi connectivity index (χ2v) is 7.52. The van der Waals surface area contributed by atoms with Crippen molar-refractivity contribution in [1.82, 2.24) is 10.6 Å². The van der Waals surface area contributed by atoms with Crippen LogP contribution in [0.15, 0.2) is 35.3 Å². The molecule has 2 aliphatic carbocycles. The predicted molar refractivity (Wildman–Crippen MR) is 99.5 cm³/mol. The van der Waals surface area contributed by atoms with Crippen LogP contribution in [0.1, 0.15) is 44.1 Å². The van der Waals surface area contributed by atoms with E-state index in [2.05, 4.69) is 46.0 Å². The summed E-state index contributed by atoms with van der Waals surface area (Å²) in [4.78, 5) is 4.42. The molecule has 132 valence electrons. The molecule has 1 aromatic rings. The van der Waals surface area contributed by atoms with Gasteiger partial charge in [-0.1, -0.05) is 36.8 Å². The Bertz CT molecular complexity index is 547. The van der Waals surface area contributed by atoms with Crippen molar-refractivity contribution in [3.05, 3.63) is 35.9 Å². The third-order valence-electron chi connectivity index (χ3n) is 5.94. The van der Waals surface area contributed by atoms with Gasteiger partial charge < -0.3 is 15.4 Å². The Balaban J connectivity index is 1.49. The summed E-state index contributed by atoms with van der Waals surface area (Å²) >= 11 is 0. The van der Waals surface area contributed by atoms with Gasteiger partial charge in [-0.25, -0.2) is 0 Å². The van der Waals surface area contributed by atoms with Gasteiger partial charge in [0.05, 0.1) is 0 Å². The number of benzene rings is 1. The van der Waals surface area contributed by atoms with Crippen molar-refractivity contribution >= 4 is 5.96 Å². The molecular weight excluding hydrogens is 298 g/mol. The van der Waals surface area contributed by atoms with Crippen LogP contribution < -0.4 is 10.6 Å². The fraction of sp³-hybridized carbons (Fsp3) is 0.650. The molecule has 0 atom stereocenters. The molecule has 3 rings (SSSR count). The summed E-state index contributed by atoms with van der Waals surface area (Å²) in [6.07, 6.45) is 7.61. The van der Waals surface area contributed by atoms with Crippen LogP contribution in [0.2, 0.25) is 0 Å². The van der Waals surface area contributed by atoms with Crippen molar-refractivity contribution in [1.29, 1.82) is 0 Å². The number of guanidine groups is 1. The first-order valence-corrected chi connectivity index (χ1v) is 9.21. The standard InChI is InChI=1S/C20H31N3O/c1-21-18(22-15-19(9-6-10-19)13-14-24-2)23-16-20(11-12-20)17-7-4-3-5-8-17/h3-5,7-8H,6,9-16H2,1-2H3,(H2,21,22,23). The van der Waals surface area contributed by atoms with Crippen molar-refractivity contribution in [2.45, 2.75) is 43.9 Å². The highest BCUT2D eigenvalue weighted by molar-refractivity contribution is 5.79. The van der Waals surface area contributed by atoms with Crippen molar-refractivity contribution in [2.24, 2.45) is 10.4 Å². The maximum absolute atomic E-state index is 5.28. The summed E-state index contributed by atoms with van der Waals surface area (Å²) in [5.74, 6) is 0.931. The summed E-state index contributed by atoms with van der Waals surface area (Å²) in [5.41, 5.74) is 2.16. The van der Waals surface area contributed by atoms with E-state index in [1.54, 1.807) is 7.11 Å². The van der Waals surface area contributed by atoms with E-state index in [0.29, 0.717) is 10.8 Å². The van der Waals surface area contributed by atoms with E-state index >= 15 is 0 Å². The Morgan fingerprint density at radius 1 is 1.08 bits per heavy atom. The van der Waals surface area contributed by atoms with Crippen LogP contribution in [-0.4, -0.2) is 39.8 Å². The first-order chi connectivity index (χ1) is 11.7. The van der Waals surface area contributed by atoms with Gasteiger partial charge in [0.25, 0.3) is 0 Å². The molecule has 0 aromatic heterocycles. The molecule has 0 bridgehead atoms. The molecule has 0 amide bonds. The number of hydrogen-bond acceptors (Lipinski definition) is 2. The molecule has 0 saturated heterocycles. The van der Waals surface area contributed by atoms with Crippen LogP contribution in [-0.2, 0) is 10.2 Å². The second kappa shape index (κ2) is 7.56. The lowest BCUT2D eigenvalue weighted by Gasteiger charge is -2.42. The molecule has 0 unspecified atom stereocenters. The Hall–Kier alpha value is -1.55. The number of aliphatic imine (C=N–C) groups is 1. The number of hydrogen-bond donors (Lipinski definition) is 2. The van der Waals surface area contributed by atoms with Gasteiger partial charge >= 0.3 is 0 Å². The lowest BCUT2D eigenvalue weighted by Crippen LogP contribution is -2.48. The van der Waals surface area contributed by atoms with E-state index in [4.69, 9.17) is 4.74 Å². The normalized spacial score (nSPS) is 21.0. The average Bonchev–Trinajstić information content (AvgIpc) is 3.38. The Labute approximate surface area is 146 Å². The number of methoxy groups -OCH3 is 1. The smallest absolute Gasteiger partial charge is 0.191 e. The highest BCUT2D eigenvalue weighted by Gasteiger charge is 2.44. The van der Waals surface area contributed by atoms with Crippen LogP contribution >= 0.6 is 0 Å². The molecule has 0 radical (unpaired) electrons. The Kier molecular flexibility index (Phi) is 5.44. The topological polar surface area (TPSA) is 45.7 Å². The van der Waals surface area contributed by atoms with Crippen molar-refractivity contribution < 1.29 is 4.74 Å². The van der Waals surface area contributed by atoms with Gasteiger partial charge in [0.15, 0.2) is 5.96 Å². The monoisotopic (exact) mass is 329 g/mol. The van der Waals surface area contributed by atoms with Gasteiger partial charge in [0.2, 0.25) is 0 Å². The van der Waals surface area contributed by atoms with Gasteiger partial charge in [0, 0.05) is 39.3 Å². The third kappa shape index (κ3) is 3.92. The van der Waals surface area contributed by atoms with E-state index in [1.807, 2.05) is 7.05 Å². The molecule has 0 heterocycles. The van der Waals surface area contributed by atoms with Crippen molar-refractivity contribution in [3.63, 3.8) is 0 Å². The molecule has 4 heteroatoms. The zero-order chi connectivity index (χ0) is 16.9. The Morgan fingerprint density at radius 2 is 1.79 bits per heavy atom. The summed E-state index contributed by atoms with van der Waals surface area (Å²) in [5, 5.41) is 7.11. The van der Waals surface area contributed by atoms with Crippen LogP contribution in [0.4, 0.5) is 0 Å². The second-order valence-electron chi connectivity index (χ2n) is 7.52. The number of rotatable bonds is 8. The summed E-state index contributed by atoms with van der Waals surface area (Å²) in [6.45, 7) is 2.81. The van der Waals surface area contributed by atoms with Gasteiger partial charge in [-0.2, -0.15) is 0 Å². The molecule has 2 fully saturated rings. The third-order valence-corrected chi connectivity index (χ3v) is 5.94. The Morgan fingerprint density at radius 3 is 2.33 bits per heavy atom. The summed E-state index contributed by atoms with van der Waals surface area (Å²) in [7, 11) is 3.65. The molecule has 2 N–H and O–H groups in total. The molecule has 2 aliphatic rings. The van der Waals surface area contributed by atoms with Gasteiger partial charge in [-0.15, -0.1) is 0 Å². The molecule has 24 heavy (non-hydrogen) atoms. The fourth-order valence-electron chi connectivity index (χ4n) is 3.77. The lowest BCUT2D eigenvalue weighted by molar-refractivity contribution is 0.0732. The summed E-state index contributed by atoms with van der Waals surface area (Å²) in [6, 6.07) is 10.9. The minimum absolute atomic E-state index is 0.309. The van der Waals surface area contributed by atoms with E-state index in [1.165, 1.54) is 37.7 Å². The number of nitrogens with one attached hydrogen (secondary N) is 2. The molecular formula is C20H31N3O. The molecule has 1 aromatic carbocycles. The molecule has 4 nitrogen and oxygen atoms in total. The minimum Gasteiger partial charge on any atom is -0.385 e. The van der Waals surface area contributed by atoms with Crippen LogP contribution in [0.5, 0.6) is 0 Å². The number of ether oxygens (including phenoxy) is 1. The van der Waals surface area contributed by atoms with Gasteiger partial charge in [-0.3, -0.25) is 4.99 Å². The molecule has 0 spiro atoms.